The van der Waals surface area contributed by atoms with Crippen LogP contribution in [0.5, 0.6) is 0 Å². The Balaban J connectivity index is 2.63. The molecule has 0 saturated carbocycles. The summed E-state index contributed by atoms with van der Waals surface area (Å²) in [6, 6.07) is 1.89. The SMILES string of the molecule is CCNS(=O)(=O)c1cc(C(N)=O)c(F)cc1N1NC=CS1. The van der Waals surface area contributed by atoms with Crippen molar-refractivity contribution in [2.45, 2.75) is 11.8 Å². The minimum atomic E-state index is -3.90. The first kappa shape index (κ1) is 15.6. The number of anilines is 1. The van der Waals surface area contributed by atoms with E-state index in [9.17, 15) is 17.6 Å². The van der Waals surface area contributed by atoms with E-state index in [1.54, 1.807) is 18.5 Å². The molecule has 0 spiro atoms. The lowest BCUT2D eigenvalue weighted by Gasteiger charge is -2.21. The zero-order valence-electron chi connectivity index (χ0n) is 11.0. The van der Waals surface area contributed by atoms with Gasteiger partial charge < -0.3 is 5.73 Å². The summed E-state index contributed by atoms with van der Waals surface area (Å²) >= 11 is 1.13. The number of nitrogens with two attached hydrogens (primary N) is 1. The van der Waals surface area contributed by atoms with E-state index in [2.05, 4.69) is 10.1 Å². The van der Waals surface area contributed by atoms with Crippen molar-refractivity contribution >= 4 is 33.6 Å². The highest BCUT2D eigenvalue weighted by atomic mass is 32.2. The van der Waals surface area contributed by atoms with Gasteiger partial charge in [0.25, 0.3) is 5.91 Å². The summed E-state index contributed by atoms with van der Waals surface area (Å²) in [6.07, 6.45) is 1.56. The number of carbonyl (C=O) groups excluding carboxylic acids is 1. The molecule has 1 aliphatic heterocycles. The van der Waals surface area contributed by atoms with Crippen LogP contribution in [-0.2, 0) is 10.0 Å². The summed E-state index contributed by atoms with van der Waals surface area (Å²) in [5.41, 5.74) is 7.39. The zero-order chi connectivity index (χ0) is 15.6. The Bertz CT molecular complexity index is 698. The molecular formula is C11H13FN4O3S2. The number of hydrazine groups is 1. The van der Waals surface area contributed by atoms with Crippen LogP contribution in [0.2, 0.25) is 0 Å². The van der Waals surface area contributed by atoms with E-state index in [-0.39, 0.29) is 17.1 Å². The van der Waals surface area contributed by atoms with Gasteiger partial charge in [-0.05, 0) is 6.07 Å². The molecule has 1 amide bonds. The Hall–Kier alpha value is -1.78. The number of nitrogens with zero attached hydrogens (tertiary/aromatic N) is 1. The molecule has 0 aromatic heterocycles. The molecule has 1 aliphatic rings. The van der Waals surface area contributed by atoms with Crippen molar-refractivity contribution in [2.24, 2.45) is 5.73 Å². The van der Waals surface area contributed by atoms with Crippen molar-refractivity contribution in [2.75, 3.05) is 11.0 Å². The van der Waals surface area contributed by atoms with Crippen LogP contribution in [0.1, 0.15) is 17.3 Å². The number of hydrogen-bond acceptors (Lipinski definition) is 6. The van der Waals surface area contributed by atoms with E-state index in [1.807, 2.05) is 0 Å². The monoisotopic (exact) mass is 332 g/mol. The second kappa shape index (κ2) is 5.92. The van der Waals surface area contributed by atoms with Gasteiger partial charge >= 0.3 is 0 Å². The highest BCUT2D eigenvalue weighted by molar-refractivity contribution is 8.03. The number of nitrogens with one attached hydrogen (secondary N) is 2. The van der Waals surface area contributed by atoms with Gasteiger partial charge in [0.05, 0.1) is 11.3 Å². The van der Waals surface area contributed by atoms with E-state index < -0.39 is 27.3 Å². The highest BCUT2D eigenvalue weighted by Gasteiger charge is 2.26. The zero-order valence-corrected chi connectivity index (χ0v) is 12.6. The molecule has 1 aromatic carbocycles. The predicted octanol–water partition coefficient (Wildman–Crippen LogP) is 0.667. The summed E-state index contributed by atoms with van der Waals surface area (Å²) in [5.74, 6) is -1.92. The molecule has 10 heteroatoms. The number of halogens is 1. The molecule has 4 N–H and O–H groups in total. The summed E-state index contributed by atoms with van der Waals surface area (Å²) in [6.45, 7) is 1.77. The fourth-order valence-electron chi connectivity index (χ4n) is 1.72. The van der Waals surface area contributed by atoms with Crippen molar-refractivity contribution in [3.05, 3.63) is 35.1 Å². The molecule has 0 unspecified atom stereocenters. The van der Waals surface area contributed by atoms with Crippen LogP contribution >= 0.6 is 11.9 Å². The van der Waals surface area contributed by atoms with Crippen LogP contribution in [-0.4, -0.2) is 20.9 Å². The van der Waals surface area contributed by atoms with Crippen molar-refractivity contribution in [1.82, 2.24) is 10.1 Å². The average Bonchev–Trinajstić information content (AvgIpc) is 2.91. The Morgan fingerprint density at radius 3 is 2.76 bits per heavy atom. The van der Waals surface area contributed by atoms with Gasteiger partial charge in [0.2, 0.25) is 10.0 Å². The largest absolute Gasteiger partial charge is 0.366 e. The van der Waals surface area contributed by atoms with Crippen LogP contribution in [0.25, 0.3) is 0 Å². The number of primary amides is 1. The Labute approximate surface area is 125 Å². The minimum Gasteiger partial charge on any atom is -0.366 e. The van der Waals surface area contributed by atoms with Gasteiger partial charge in [0, 0.05) is 36.2 Å². The number of benzene rings is 1. The third-order valence-corrected chi connectivity index (χ3v) is 4.93. The van der Waals surface area contributed by atoms with Gasteiger partial charge in [-0.2, -0.15) is 0 Å². The van der Waals surface area contributed by atoms with E-state index in [4.69, 9.17) is 5.73 Å². The number of rotatable bonds is 5. The van der Waals surface area contributed by atoms with Crippen LogP contribution in [0.15, 0.2) is 28.6 Å². The fraction of sp³-hybridized carbons (Fsp3) is 0.182. The van der Waals surface area contributed by atoms with Gasteiger partial charge in [-0.3, -0.25) is 10.2 Å². The molecule has 2 rings (SSSR count). The Kier molecular flexibility index (Phi) is 4.40. The average molecular weight is 332 g/mol. The molecule has 0 atom stereocenters. The van der Waals surface area contributed by atoms with Gasteiger partial charge in [0.1, 0.15) is 10.7 Å². The summed E-state index contributed by atoms with van der Waals surface area (Å²) in [7, 11) is -3.90. The van der Waals surface area contributed by atoms with E-state index in [0.29, 0.717) is 0 Å². The van der Waals surface area contributed by atoms with Crippen molar-refractivity contribution < 1.29 is 17.6 Å². The quantitative estimate of drug-likeness (QED) is 0.685. The smallest absolute Gasteiger partial charge is 0.251 e. The topological polar surface area (TPSA) is 105 Å². The number of sulfonamides is 1. The first-order valence-electron chi connectivity index (χ1n) is 5.88. The number of amides is 1. The normalized spacial score (nSPS) is 14.3. The summed E-state index contributed by atoms with van der Waals surface area (Å²) < 4.78 is 42.0. The molecule has 1 heterocycles. The van der Waals surface area contributed by atoms with E-state index >= 15 is 0 Å². The molecule has 0 bridgehead atoms. The Morgan fingerprint density at radius 2 is 2.24 bits per heavy atom. The lowest BCUT2D eigenvalue weighted by Crippen LogP contribution is -2.29. The van der Waals surface area contributed by atoms with Gasteiger partial charge in [-0.25, -0.2) is 21.9 Å². The van der Waals surface area contributed by atoms with Crippen molar-refractivity contribution in [3.8, 4) is 0 Å². The number of carbonyl (C=O) groups is 1. The van der Waals surface area contributed by atoms with Crippen LogP contribution in [0.3, 0.4) is 0 Å². The molecule has 0 aliphatic carbocycles. The first-order valence-corrected chi connectivity index (χ1v) is 8.20. The molecule has 114 valence electrons. The molecule has 0 radical (unpaired) electrons. The molecule has 21 heavy (non-hydrogen) atoms. The second-order valence-corrected chi connectivity index (χ2v) is 6.58. The van der Waals surface area contributed by atoms with Crippen LogP contribution in [0.4, 0.5) is 10.1 Å². The maximum absolute atomic E-state index is 13.9. The van der Waals surface area contributed by atoms with E-state index in [1.165, 1.54) is 4.41 Å². The summed E-state index contributed by atoms with van der Waals surface area (Å²) in [4.78, 5) is 11.0. The third-order valence-electron chi connectivity index (χ3n) is 2.58. The molecule has 0 fully saturated rings. The van der Waals surface area contributed by atoms with Gasteiger partial charge in [-0.15, -0.1) is 0 Å². The summed E-state index contributed by atoms with van der Waals surface area (Å²) in [5, 5.41) is 1.66. The second-order valence-electron chi connectivity index (χ2n) is 4.00. The number of hydrogen-bond donors (Lipinski definition) is 3. The molecule has 0 saturated heterocycles. The van der Waals surface area contributed by atoms with Crippen molar-refractivity contribution in [1.29, 1.82) is 0 Å². The molecular weight excluding hydrogens is 319 g/mol. The van der Waals surface area contributed by atoms with Crippen LogP contribution in [0, 0.1) is 5.82 Å². The first-order chi connectivity index (χ1) is 9.86. The van der Waals surface area contributed by atoms with Crippen molar-refractivity contribution in [3.63, 3.8) is 0 Å². The lowest BCUT2D eigenvalue weighted by atomic mass is 10.2. The third kappa shape index (κ3) is 3.12. The minimum absolute atomic E-state index is 0.0634. The van der Waals surface area contributed by atoms with Gasteiger partial charge in [-0.1, -0.05) is 6.92 Å². The maximum atomic E-state index is 13.9. The highest BCUT2D eigenvalue weighted by Crippen LogP contribution is 2.33. The lowest BCUT2D eigenvalue weighted by molar-refractivity contribution is 0.0996. The fourth-order valence-corrected chi connectivity index (χ4v) is 3.64. The van der Waals surface area contributed by atoms with Crippen LogP contribution < -0.4 is 20.3 Å². The predicted molar refractivity (Wildman–Crippen MR) is 78.1 cm³/mol. The van der Waals surface area contributed by atoms with Gasteiger partial charge in [0.15, 0.2) is 0 Å². The molecule has 1 aromatic rings. The van der Waals surface area contributed by atoms with E-state index in [0.717, 1.165) is 24.1 Å². The Morgan fingerprint density at radius 1 is 1.52 bits per heavy atom. The standard InChI is InChI=1S/C11H13FN4O3S2/c1-2-15-21(18,19)10-5-7(11(13)17)8(12)6-9(10)16-14-3-4-20-16/h3-6,14-15H,2H2,1H3,(H2,13,17). The molecule has 7 nitrogen and oxygen atoms in total. The maximum Gasteiger partial charge on any atom is 0.251 e.